The molecule has 3 nitrogen and oxygen atoms in total. The van der Waals surface area contributed by atoms with Gasteiger partial charge in [0.1, 0.15) is 5.82 Å². The van der Waals surface area contributed by atoms with Crippen LogP contribution in [0, 0.1) is 10.5 Å². The van der Waals surface area contributed by atoms with E-state index in [1.807, 2.05) is 26.1 Å². The molecule has 0 aliphatic carbocycles. The van der Waals surface area contributed by atoms with E-state index in [0.29, 0.717) is 0 Å². The van der Waals surface area contributed by atoms with Gasteiger partial charge in [-0.1, -0.05) is 11.6 Å². The first kappa shape index (κ1) is 12.1. The summed E-state index contributed by atoms with van der Waals surface area (Å²) in [5.74, 6) is 1.58. The molecular weight excluding hydrogens is 357 g/mol. The van der Waals surface area contributed by atoms with E-state index in [2.05, 4.69) is 37.9 Å². The summed E-state index contributed by atoms with van der Waals surface area (Å²) >= 11 is 9.62. The van der Waals surface area contributed by atoms with Crippen LogP contribution < -0.4 is 5.32 Å². The number of nitrogens with zero attached hydrogens (tertiary/aromatic N) is 2. The molecule has 0 aromatic carbocycles. The smallest absolute Gasteiger partial charge is 0.171 e. The van der Waals surface area contributed by atoms with Gasteiger partial charge >= 0.3 is 0 Å². The lowest BCUT2D eigenvalue weighted by atomic mass is 10.3. The molecule has 2 aromatic heterocycles. The van der Waals surface area contributed by atoms with Crippen molar-refractivity contribution >= 4 is 51.3 Å². The number of hydrogen-bond acceptors (Lipinski definition) is 4. The topological polar surface area (TPSA) is 37.8 Å². The Bertz CT molecular complexity index is 527. The number of rotatable bonds is 2. The van der Waals surface area contributed by atoms with Crippen LogP contribution in [-0.4, -0.2) is 17.0 Å². The fourth-order valence-electron chi connectivity index (χ4n) is 1.27. The lowest BCUT2D eigenvalue weighted by molar-refractivity contribution is 1.09. The molecule has 0 amide bonds. The number of halogens is 2. The first-order valence-corrected chi connectivity index (χ1v) is 6.86. The van der Waals surface area contributed by atoms with Gasteiger partial charge in [0.2, 0.25) is 0 Å². The third kappa shape index (κ3) is 2.31. The van der Waals surface area contributed by atoms with Gasteiger partial charge < -0.3 is 5.32 Å². The highest BCUT2D eigenvalue weighted by Gasteiger charge is 2.11. The Morgan fingerprint density at radius 3 is 2.69 bits per heavy atom. The molecule has 6 heteroatoms. The maximum atomic E-state index is 5.90. The van der Waals surface area contributed by atoms with Crippen molar-refractivity contribution in [3.8, 4) is 10.7 Å². The Balaban J connectivity index is 2.54. The molecule has 0 unspecified atom stereocenters. The van der Waals surface area contributed by atoms with Crippen molar-refractivity contribution < 1.29 is 0 Å². The Kier molecular flexibility index (Phi) is 3.66. The Morgan fingerprint density at radius 2 is 2.12 bits per heavy atom. The minimum Gasteiger partial charge on any atom is -0.372 e. The average Bonchev–Trinajstić information content (AvgIpc) is 2.69. The SMILES string of the molecule is CNc1nc(-c2ccc(Cl)s2)nc(C)c1I. The van der Waals surface area contributed by atoms with Crippen molar-refractivity contribution in [2.24, 2.45) is 0 Å². The van der Waals surface area contributed by atoms with Gasteiger partial charge in [0.15, 0.2) is 5.82 Å². The summed E-state index contributed by atoms with van der Waals surface area (Å²) in [4.78, 5) is 9.90. The lowest BCUT2D eigenvalue weighted by Gasteiger charge is -2.07. The van der Waals surface area contributed by atoms with E-state index in [-0.39, 0.29) is 0 Å². The summed E-state index contributed by atoms with van der Waals surface area (Å²) < 4.78 is 1.80. The van der Waals surface area contributed by atoms with E-state index in [9.17, 15) is 0 Å². The van der Waals surface area contributed by atoms with Crippen molar-refractivity contribution in [3.63, 3.8) is 0 Å². The zero-order valence-corrected chi connectivity index (χ0v) is 12.4. The molecule has 1 N–H and O–H groups in total. The highest BCUT2D eigenvalue weighted by molar-refractivity contribution is 14.1. The third-order valence-electron chi connectivity index (χ3n) is 2.05. The molecule has 0 spiro atoms. The van der Waals surface area contributed by atoms with Crippen molar-refractivity contribution in [2.45, 2.75) is 6.92 Å². The molecular formula is C10H9ClIN3S. The summed E-state index contributed by atoms with van der Waals surface area (Å²) in [5, 5.41) is 3.07. The zero-order valence-electron chi connectivity index (χ0n) is 8.71. The molecule has 2 aromatic rings. The Morgan fingerprint density at radius 1 is 1.38 bits per heavy atom. The minimum absolute atomic E-state index is 0.721. The number of aryl methyl sites for hydroxylation is 1. The van der Waals surface area contributed by atoms with Crippen LogP contribution in [-0.2, 0) is 0 Å². The summed E-state index contributed by atoms with van der Waals surface area (Å²) in [6.07, 6.45) is 0. The predicted molar refractivity (Wildman–Crippen MR) is 77.4 cm³/mol. The van der Waals surface area contributed by atoms with Gasteiger partial charge in [-0.25, -0.2) is 9.97 Å². The van der Waals surface area contributed by atoms with Crippen LogP contribution >= 0.6 is 45.5 Å². The van der Waals surface area contributed by atoms with Crippen LogP contribution in [0.1, 0.15) is 5.69 Å². The standard InChI is InChI=1S/C10H9ClIN3S/c1-5-8(12)10(13-2)15-9(14-5)6-3-4-7(11)16-6/h3-4H,1-2H3,(H,13,14,15). The predicted octanol–water partition coefficient (Wildman–Crippen LogP) is 3.81. The summed E-state index contributed by atoms with van der Waals surface area (Å²) in [6.45, 7) is 1.98. The van der Waals surface area contributed by atoms with Gasteiger partial charge in [0, 0.05) is 7.05 Å². The van der Waals surface area contributed by atoms with Crippen molar-refractivity contribution in [3.05, 3.63) is 25.7 Å². The molecule has 2 heterocycles. The number of aromatic nitrogens is 2. The van der Waals surface area contributed by atoms with E-state index in [4.69, 9.17) is 11.6 Å². The highest BCUT2D eigenvalue weighted by Crippen LogP contribution is 2.30. The normalized spacial score (nSPS) is 10.5. The van der Waals surface area contributed by atoms with Crippen LogP contribution in [0.3, 0.4) is 0 Å². The second-order valence-corrected chi connectivity index (χ2v) is 5.94. The maximum absolute atomic E-state index is 5.90. The highest BCUT2D eigenvalue weighted by atomic mass is 127. The molecule has 0 aliphatic heterocycles. The molecule has 2 rings (SSSR count). The van der Waals surface area contributed by atoms with Crippen LogP contribution in [0.4, 0.5) is 5.82 Å². The monoisotopic (exact) mass is 365 g/mol. The van der Waals surface area contributed by atoms with E-state index in [1.165, 1.54) is 11.3 Å². The molecule has 84 valence electrons. The molecule has 16 heavy (non-hydrogen) atoms. The van der Waals surface area contributed by atoms with Gasteiger partial charge in [-0.05, 0) is 41.6 Å². The van der Waals surface area contributed by atoms with E-state index < -0.39 is 0 Å². The van der Waals surface area contributed by atoms with Gasteiger partial charge in [0.05, 0.1) is 18.5 Å². The molecule has 0 fully saturated rings. The Hall–Kier alpha value is -0.400. The average molecular weight is 366 g/mol. The molecule has 0 bridgehead atoms. The number of anilines is 1. The maximum Gasteiger partial charge on any atom is 0.171 e. The number of nitrogens with one attached hydrogen (secondary N) is 1. The van der Waals surface area contributed by atoms with Gasteiger partial charge in [-0.3, -0.25) is 0 Å². The third-order valence-corrected chi connectivity index (χ3v) is 4.57. The second-order valence-electron chi connectivity index (χ2n) is 3.15. The molecule has 0 aliphatic rings. The summed E-state index contributed by atoms with van der Waals surface area (Å²) in [6, 6.07) is 3.80. The van der Waals surface area contributed by atoms with Crippen molar-refractivity contribution in [1.29, 1.82) is 0 Å². The summed E-state index contributed by atoms with van der Waals surface area (Å²) in [7, 11) is 1.86. The Labute approximate surface area is 116 Å². The van der Waals surface area contributed by atoms with Crippen molar-refractivity contribution in [1.82, 2.24) is 9.97 Å². The molecule has 0 saturated heterocycles. The minimum atomic E-state index is 0.721. The molecule has 0 atom stereocenters. The fourth-order valence-corrected chi connectivity index (χ4v) is 2.76. The van der Waals surface area contributed by atoms with E-state index in [1.54, 1.807) is 0 Å². The second kappa shape index (κ2) is 4.85. The van der Waals surface area contributed by atoms with Crippen LogP contribution in [0.25, 0.3) is 10.7 Å². The summed E-state index contributed by atoms with van der Waals surface area (Å²) in [5.41, 5.74) is 0.972. The first-order valence-electron chi connectivity index (χ1n) is 4.59. The fraction of sp³-hybridized carbons (Fsp3) is 0.200. The van der Waals surface area contributed by atoms with E-state index in [0.717, 1.165) is 30.1 Å². The van der Waals surface area contributed by atoms with E-state index >= 15 is 0 Å². The molecule has 0 saturated carbocycles. The first-order chi connectivity index (χ1) is 7.61. The number of hydrogen-bond donors (Lipinski definition) is 1. The van der Waals surface area contributed by atoms with Crippen LogP contribution in [0.5, 0.6) is 0 Å². The van der Waals surface area contributed by atoms with Gasteiger partial charge in [0.25, 0.3) is 0 Å². The largest absolute Gasteiger partial charge is 0.372 e. The van der Waals surface area contributed by atoms with Gasteiger partial charge in [-0.2, -0.15) is 0 Å². The van der Waals surface area contributed by atoms with Crippen LogP contribution in [0.2, 0.25) is 4.34 Å². The van der Waals surface area contributed by atoms with Crippen LogP contribution in [0.15, 0.2) is 12.1 Å². The quantitative estimate of drug-likeness (QED) is 0.822. The van der Waals surface area contributed by atoms with Crippen molar-refractivity contribution in [2.75, 3.05) is 12.4 Å². The number of thiophene rings is 1. The molecule has 0 radical (unpaired) electrons. The van der Waals surface area contributed by atoms with Gasteiger partial charge in [-0.15, -0.1) is 11.3 Å². The lowest BCUT2D eigenvalue weighted by Crippen LogP contribution is -2.02. The zero-order chi connectivity index (χ0) is 11.7.